The van der Waals surface area contributed by atoms with Crippen LogP contribution in [0.3, 0.4) is 0 Å². The SMILES string of the molecule is [2H][C@@](O)(CCCCC)[C@]([2H])(O)CCCCC(=O)OC. The Bertz CT molecular complexity index is 267. The number of rotatable bonds is 10. The molecule has 0 aromatic carbocycles. The molecule has 0 aromatic rings. The number of hydrogen-bond donors (Lipinski definition) is 2. The Balaban J connectivity index is 4.09. The number of ether oxygens (including phenoxy) is 1. The van der Waals surface area contributed by atoms with Gasteiger partial charge in [0.2, 0.25) is 0 Å². The molecule has 0 spiro atoms. The van der Waals surface area contributed by atoms with Gasteiger partial charge in [0.25, 0.3) is 0 Å². The molecule has 4 heteroatoms. The van der Waals surface area contributed by atoms with E-state index in [1.165, 1.54) is 7.11 Å². The van der Waals surface area contributed by atoms with Crippen molar-refractivity contribution in [1.29, 1.82) is 0 Å². The highest BCUT2D eigenvalue weighted by Crippen LogP contribution is 2.12. The average molecular weight is 248 g/mol. The minimum atomic E-state index is -2.20. The van der Waals surface area contributed by atoms with Crippen LogP contribution in [0.4, 0.5) is 0 Å². The summed E-state index contributed by atoms with van der Waals surface area (Å²) in [5.74, 6) is -0.336. The molecule has 0 aliphatic heterocycles. The van der Waals surface area contributed by atoms with Gasteiger partial charge in [0.05, 0.1) is 22.0 Å². The van der Waals surface area contributed by atoms with Crippen LogP contribution in [0.25, 0.3) is 0 Å². The van der Waals surface area contributed by atoms with E-state index in [4.69, 9.17) is 2.74 Å². The molecule has 4 nitrogen and oxygen atoms in total. The van der Waals surface area contributed by atoms with Crippen LogP contribution in [-0.2, 0) is 9.53 Å². The Morgan fingerprint density at radius 1 is 1.18 bits per heavy atom. The van der Waals surface area contributed by atoms with Crippen molar-refractivity contribution in [3.8, 4) is 0 Å². The average Bonchev–Trinajstić information content (AvgIpc) is 2.34. The summed E-state index contributed by atoms with van der Waals surface area (Å²) in [5, 5.41) is 19.7. The zero-order valence-electron chi connectivity index (χ0n) is 12.9. The third-order valence-electron chi connectivity index (χ3n) is 2.62. The predicted molar refractivity (Wildman–Crippen MR) is 66.6 cm³/mol. The Kier molecular flexibility index (Phi) is 7.96. The summed E-state index contributed by atoms with van der Waals surface area (Å²) in [6.45, 7) is 2.00. The van der Waals surface area contributed by atoms with Crippen molar-refractivity contribution in [3.05, 3.63) is 0 Å². The quantitative estimate of drug-likeness (QED) is 0.458. The van der Waals surface area contributed by atoms with Crippen LogP contribution in [0.2, 0.25) is 0 Å². The second kappa shape index (κ2) is 10.5. The highest BCUT2D eigenvalue weighted by Gasteiger charge is 2.15. The second-order valence-electron chi connectivity index (χ2n) is 4.13. The molecular weight excluding hydrogens is 220 g/mol. The van der Waals surface area contributed by atoms with Gasteiger partial charge in [0.1, 0.15) is 0 Å². The van der Waals surface area contributed by atoms with Gasteiger partial charge in [-0.15, -0.1) is 0 Å². The number of unbranched alkanes of at least 4 members (excludes halogenated alkanes) is 3. The monoisotopic (exact) mass is 248 g/mol. The summed E-state index contributed by atoms with van der Waals surface area (Å²) in [6, 6.07) is 0. The molecule has 17 heavy (non-hydrogen) atoms. The van der Waals surface area contributed by atoms with E-state index in [0.29, 0.717) is 19.3 Å². The first-order valence-corrected chi connectivity index (χ1v) is 6.28. The summed E-state index contributed by atoms with van der Waals surface area (Å²) in [5.41, 5.74) is 0. The third kappa shape index (κ3) is 9.12. The van der Waals surface area contributed by atoms with Crippen LogP contribution in [0.15, 0.2) is 0 Å². The van der Waals surface area contributed by atoms with E-state index < -0.39 is 12.2 Å². The normalized spacial score (nSPS) is 19.8. The highest BCUT2D eigenvalue weighted by molar-refractivity contribution is 5.68. The highest BCUT2D eigenvalue weighted by atomic mass is 16.5. The Morgan fingerprint density at radius 3 is 2.18 bits per heavy atom. The van der Waals surface area contributed by atoms with Gasteiger partial charge in [-0.3, -0.25) is 4.79 Å². The van der Waals surface area contributed by atoms with Gasteiger partial charge in [-0.2, -0.15) is 0 Å². The van der Waals surface area contributed by atoms with Gasteiger partial charge < -0.3 is 14.9 Å². The molecule has 2 atom stereocenters. The number of hydrogen-bond acceptors (Lipinski definition) is 4. The minimum Gasteiger partial charge on any atom is -0.469 e. The first-order chi connectivity index (χ1) is 8.77. The molecule has 0 aliphatic carbocycles. The van der Waals surface area contributed by atoms with Crippen LogP contribution in [-0.4, -0.2) is 35.5 Å². The van der Waals surface area contributed by atoms with Crippen LogP contribution in [0, 0.1) is 0 Å². The molecule has 0 heterocycles. The van der Waals surface area contributed by atoms with E-state index in [-0.39, 0.29) is 25.2 Å². The van der Waals surface area contributed by atoms with Crippen molar-refractivity contribution in [1.82, 2.24) is 0 Å². The zero-order valence-corrected chi connectivity index (χ0v) is 10.9. The molecule has 0 saturated heterocycles. The molecule has 102 valence electrons. The molecule has 0 saturated carbocycles. The van der Waals surface area contributed by atoms with Crippen molar-refractivity contribution in [3.63, 3.8) is 0 Å². The zero-order chi connectivity index (χ0) is 14.9. The van der Waals surface area contributed by atoms with Gasteiger partial charge in [0, 0.05) is 6.42 Å². The number of aliphatic hydroxyl groups is 2. The number of esters is 1. The summed E-state index contributed by atoms with van der Waals surface area (Å²) < 4.78 is 19.9. The molecule has 0 amide bonds. The molecular formula is C13H26O4. The van der Waals surface area contributed by atoms with E-state index in [1.54, 1.807) is 0 Å². The summed E-state index contributed by atoms with van der Waals surface area (Å²) in [4.78, 5) is 10.9. The predicted octanol–water partition coefficient (Wildman–Crippen LogP) is 2.02. The molecule has 2 N–H and O–H groups in total. The van der Waals surface area contributed by atoms with Crippen LogP contribution < -0.4 is 0 Å². The second-order valence-corrected chi connectivity index (χ2v) is 4.13. The Morgan fingerprint density at radius 2 is 1.71 bits per heavy atom. The summed E-state index contributed by atoms with van der Waals surface area (Å²) in [7, 11) is 1.31. The van der Waals surface area contributed by atoms with E-state index in [2.05, 4.69) is 4.74 Å². The van der Waals surface area contributed by atoms with Crippen molar-refractivity contribution in [2.45, 2.75) is 70.5 Å². The van der Waals surface area contributed by atoms with Crippen molar-refractivity contribution in [2.24, 2.45) is 0 Å². The summed E-state index contributed by atoms with van der Waals surface area (Å²) in [6.07, 6.45) is -0.800. The van der Waals surface area contributed by atoms with Crippen molar-refractivity contribution < 1.29 is 22.5 Å². The first kappa shape index (κ1) is 12.8. The lowest BCUT2D eigenvalue weighted by Gasteiger charge is -2.17. The largest absolute Gasteiger partial charge is 0.469 e. The molecule has 0 rings (SSSR count). The fraction of sp³-hybridized carbons (Fsp3) is 0.923. The van der Waals surface area contributed by atoms with Gasteiger partial charge >= 0.3 is 5.97 Å². The molecule has 0 radical (unpaired) electrons. The van der Waals surface area contributed by atoms with Crippen LogP contribution in [0.5, 0.6) is 0 Å². The molecule has 0 bridgehead atoms. The minimum absolute atomic E-state index is 0.0316. The van der Waals surface area contributed by atoms with Gasteiger partial charge in [-0.25, -0.2) is 0 Å². The fourth-order valence-corrected chi connectivity index (χ4v) is 1.49. The van der Waals surface area contributed by atoms with Gasteiger partial charge in [-0.1, -0.05) is 32.6 Å². The number of carbonyl (C=O) groups is 1. The molecule has 0 aliphatic rings. The number of methoxy groups -OCH3 is 1. The Labute approximate surface area is 107 Å². The van der Waals surface area contributed by atoms with Crippen LogP contribution in [0.1, 0.15) is 61.0 Å². The topological polar surface area (TPSA) is 66.8 Å². The van der Waals surface area contributed by atoms with E-state index in [9.17, 15) is 15.0 Å². The van der Waals surface area contributed by atoms with Crippen LogP contribution >= 0.6 is 0 Å². The maximum atomic E-state index is 10.9. The number of carbonyl (C=O) groups excluding carboxylic acids is 1. The lowest BCUT2D eigenvalue weighted by atomic mass is 10.0. The first-order valence-electron chi connectivity index (χ1n) is 7.28. The van der Waals surface area contributed by atoms with Gasteiger partial charge in [0.15, 0.2) is 0 Å². The van der Waals surface area contributed by atoms with Crippen molar-refractivity contribution in [2.75, 3.05) is 7.11 Å². The van der Waals surface area contributed by atoms with E-state index >= 15 is 0 Å². The summed E-state index contributed by atoms with van der Waals surface area (Å²) >= 11 is 0. The Hall–Kier alpha value is -0.610. The lowest BCUT2D eigenvalue weighted by molar-refractivity contribution is -0.140. The smallest absolute Gasteiger partial charge is 0.305 e. The van der Waals surface area contributed by atoms with Gasteiger partial charge in [-0.05, 0) is 19.3 Å². The molecule has 0 unspecified atom stereocenters. The van der Waals surface area contributed by atoms with Crippen molar-refractivity contribution >= 4 is 5.97 Å². The molecule has 0 fully saturated rings. The maximum Gasteiger partial charge on any atom is 0.305 e. The molecule has 0 aromatic heterocycles. The maximum absolute atomic E-state index is 10.9. The lowest BCUT2D eigenvalue weighted by Crippen LogP contribution is -2.25. The fourth-order valence-electron chi connectivity index (χ4n) is 1.49. The van der Waals surface area contributed by atoms with E-state index in [1.807, 2.05) is 6.92 Å². The van der Waals surface area contributed by atoms with E-state index in [0.717, 1.165) is 12.8 Å². The standard InChI is InChI=1S/C13H26O4/c1-3-4-5-8-11(14)12(15)9-6-7-10-13(16)17-2/h11-12,14-15H,3-10H2,1-2H3/t11-,12-/m1/s1/i11D,12D. The third-order valence-corrected chi connectivity index (χ3v) is 2.62.